The predicted octanol–water partition coefficient (Wildman–Crippen LogP) is 2.60. The van der Waals surface area contributed by atoms with Crippen molar-refractivity contribution >= 4 is 39.1 Å². The van der Waals surface area contributed by atoms with Gasteiger partial charge in [-0.3, -0.25) is 4.90 Å². The van der Waals surface area contributed by atoms with E-state index in [-0.39, 0.29) is 0 Å². The zero-order valence-corrected chi connectivity index (χ0v) is 12.6. The van der Waals surface area contributed by atoms with Crippen molar-refractivity contribution in [2.75, 3.05) is 24.6 Å². The van der Waals surface area contributed by atoms with Gasteiger partial charge in [0.2, 0.25) is 0 Å². The average molecular weight is 294 g/mol. The Hall–Kier alpha value is -0.850. The minimum atomic E-state index is 0.611. The lowest BCUT2D eigenvalue weighted by Gasteiger charge is -2.31. The fourth-order valence-corrected chi connectivity index (χ4v) is 4.41. The van der Waals surface area contributed by atoms with Crippen molar-refractivity contribution < 1.29 is 0 Å². The van der Waals surface area contributed by atoms with Crippen molar-refractivity contribution in [1.82, 2.24) is 14.9 Å². The van der Waals surface area contributed by atoms with E-state index in [1.54, 1.807) is 11.3 Å². The van der Waals surface area contributed by atoms with E-state index in [1.807, 2.05) is 11.4 Å². The molecule has 0 bridgehead atoms. The molecule has 1 aliphatic rings. The molecule has 1 aliphatic heterocycles. The third-order valence-corrected chi connectivity index (χ3v) is 5.62. The summed E-state index contributed by atoms with van der Waals surface area (Å²) in [6.45, 7) is 5.32. The van der Waals surface area contributed by atoms with Crippen LogP contribution in [0.4, 0.5) is 5.82 Å². The first-order valence-corrected chi connectivity index (χ1v) is 8.52. The average Bonchev–Trinajstić information content (AvgIpc) is 2.88. The molecule has 19 heavy (non-hydrogen) atoms. The summed E-state index contributed by atoms with van der Waals surface area (Å²) in [6.07, 6.45) is 1.23. The summed E-state index contributed by atoms with van der Waals surface area (Å²) in [7, 11) is 0. The number of nitrogens with zero attached hydrogens (tertiary/aromatic N) is 3. The number of anilines is 1. The number of nitrogens with two attached hydrogens (primary N) is 1. The number of thioether (sulfide) groups is 1. The molecule has 3 rings (SSSR count). The van der Waals surface area contributed by atoms with Gasteiger partial charge in [-0.2, -0.15) is 11.8 Å². The minimum Gasteiger partial charge on any atom is -0.383 e. The summed E-state index contributed by atoms with van der Waals surface area (Å²) < 4.78 is 0. The van der Waals surface area contributed by atoms with E-state index in [4.69, 9.17) is 5.73 Å². The van der Waals surface area contributed by atoms with Gasteiger partial charge in [0, 0.05) is 24.1 Å². The van der Waals surface area contributed by atoms with Gasteiger partial charge in [-0.15, -0.1) is 11.3 Å². The molecule has 0 spiro atoms. The first-order chi connectivity index (χ1) is 9.26. The molecule has 6 heteroatoms. The van der Waals surface area contributed by atoms with Crippen LogP contribution in [0, 0.1) is 0 Å². The quantitative estimate of drug-likeness (QED) is 0.943. The van der Waals surface area contributed by atoms with E-state index in [2.05, 4.69) is 33.6 Å². The van der Waals surface area contributed by atoms with E-state index >= 15 is 0 Å². The fraction of sp³-hybridized carbons (Fsp3) is 0.538. The highest BCUT2D eigenvalue weighted by Crippen LogP contribution is 2.25. The molecule has 0 saturated carbocycles. The number of aromatic nitrogens is 2. The zero-order chi connectivity index (χ0) is 13.2. The molecular formula is C13H18N4S2. The van der Waals surface area contributed by atoms with E-state index in [0.29, 0.717) is 5.82 Å². The van der Waals surface area contributed by atoms with Gasteiger partial charge in [0.1, 0.15) is 16.5 Å². The fourth-order valence-electron chi connectivity index (χ4n) is 2.37. The van der Waals surface area contributed by atoms with Crippen molar-refractivity contribution in [2.45, 2.75) is 25.1 Å². The Morgan fingerprint density at radius 2 is 2.37 bits per heavy atom. The largest absolute Gasteiger partial charge is 0.383 e. The normalized spacial score (nSPS) is 21.0. The van der Waals surface area contributed by atoms with Crippen molar-refractivity contribution in [2.24, 2.45) is 0 Å². The van der Waals surface area contributed by atoms with Crippen LogP contribution in [-0.4, -0.2) is 39.0 Å². The zero-order valence-electron chi connectivity index (χ0n) is 11.0. The van der Waals surface area contributed by atoms with Gasteiger partial charge in [0.15, 0.2) is 0 Å². The highest BCUT2D eigenvalue weighted by molar-refractivity contribution is 8.00. The Kier molecular flexibility index (Phi) is 3.91. The second-order valence-corrected chi connectivity index (χ2v) is 7.10. The number of nitrogen functional groups attached to an aromatic ring is 1. The predicted molar refractivity (Wildman–Crippen MR) is 83.6 cm³/mol. The number of hydrogen-bond acceptors (Lipinski definition) is 6. The molecule has 1 atom stereocenters. The molecule has 3 heterocycles. The van der Waals surface area contributed by atoms with E-state index < -0.39 is 0 Å². The van der Waals surface area contributed by atoms with Crippen LogP contribution in [-0.2, 0) is 6.54 Å². The highest BCUT2D eigenvalue weighted by Gasteiger charge is 2.20. The molecule has 1 unspecified atom stereocenters. The van der Waals surface area contributed by atoms with E-state index in [1.165, 1.54) is 12.2 Å². The summed E-state index contributed by atoms with van der Waals surface area (Å²) in [4.78, 5) is 12.5. The van der Waals surface area contributed by atoms with Crippen LogP contribution in [0.15, 0.2) is 11.4 Å². The molecule has 102 valence electrons. The van der Waals surface area contributed by atoms with Crippen LogP contribution in [0.2, 0.25) is 0 Å². The van der Waals surface area contributed by atoms with Crippen LogP contribution in [0.5, 0.6) is 0 Å². The lowest BCUT2D eigenvalue weighted by atomic mass is 10.3. The molecule has 1 saturated heterocycles. The molecule has 0 radical (unpaired) electrons. The van der Waals surface area contributed by atoms with Crippen molar-refractivity contribution in [1.29, 1.82) is 0 Å². The minimum absolute atomic E-state index is 0.611. The van der Waals surface area contributed by atoms with Crippen LogP contribution in [0.1, 0.15) is 19.2 Å². The van der Waals surface area contributed by atoms with E-state index in [0.717, 1.165) is 40.9 Å². The maximum Gasteiger partial charge on any atom is 0.146 e. The lowest BCUT2D eigenvalue weighted by molar-refractivity contribution is 0.267. The molecular weight excluding hydrogens is 276 g/mol. The Labute approximate surface area is 121 Å². The summed E-state index contributed by atoms with van der Waals surface area (Å²) in [6, 6.07) is 1.99. The summed E-state index contributed by atoms with van der Waals surface area (Å²) >= 11 is 3.71. The van der Waals surface area contributed by atoms with E-state index in [9.17, 15) is 0 Å². The van der Waals surface area contributed by atoms with Gasteiger partial charge >= 0.3 is 0 Å². The van der Waals surface area contributed by atoms with Gasteiger partial charge in [0.05, 0.1) is 11.9 Å². The van der Waals surface area contributed by atoms with Crippen molar-refractivity contribution in [3.05, 3.63) is 17.3 Å². The molecule has 2 aromatic rings. The highest BCUT2D eigenvalue weighted by atomic mass is 32.2. The number of hydrogen-bond donors (Lipinski definition) is 1. The summed E-state index contributed by atoms with van der Waals surface area (Å²) in [5.74, 6) is 2.67. The van der Waals surface area contributed by atoms with Crippen molar-refractivity contribution in [3.8, 4) is 0 Å². The second-order valence-electron chi connectivity index (χ2n) is 4.80. The standard InChI is InChI=1S/C13H18N4S2/c1-2-9-7-17(4-6-18-9)8-11-15-12(14)10-3-5-19-13(10)16-11/h3,5,9H,2,4,6-8H2,1H3,(H2,14,15,16). The third kappa shape index (κ3) is 2.85. The first-order valence-electron chi connectivity index (χ1n) is 6.60. The monoisotopic (exact) mass is 294 g/mol. The maximum atomic E-state index is 5.99. The van der Waals surface area contributed by atoms with Gasteiger partial charge < -0.3 is 5.73 Å². The topological polar surface area (TPSA) is 55.0 Å². The Bertz CT molecular complexity index is 569. The van der Waals surface area contributed by atoms with Crippen LogP contribution < -0.4 is 5.73 Å². The number of thiophene rings is 1. The van der Waals surface area contributed by atoms with Gasteiger partial charge in [0.25, 0.3) is 0 Å². The first kappa shape index (κ1) is 13.1. The molecule has 0 amide bonds. The molecule has 1 fully saturated rings. The summed E-state index contributed by atoms with van der Waals surface area (Å²) in [5, 5.41) is 3.75. The maximum absolute atomic E-state index is 5.99. The Balaban J connectivity index is 1.77. The summed E-state index contributed by atoms with van der Waals surface area (Å²) in [5.41, 5.74) is 5.99. The Morgan fingerprint density at radius 3 is 3.21 bits per heavy atom. The van der Waals surface area contributed by atoms with Crippen LogP contribution in [0.25, 0.3) is 10.2 Å². The molecule has 2 aromatic heterocycles. The number of rotatable bonds is 3. The second kappa shape index (κ2) is 5.64. The smallest absolute Gasteiger partial charge is 0.146 e. The SMILES string of the molecule is CCC1CN(Cc2nc(N)c3ccsc3n2)CCS1. The molecule has 0 aromatic carbocycles. The molecule has 0 aliphatic carbocycles. The number of fused-ring (bicyclic) bond motifs is 1. The molecule has 4 nitrogen and oxygen atoms in total. The Morgan fingerprint density at radius 1 is 1.47 bits per heavy atom. The van der Waals surface area contributed by atoms with Gasteiger partial charge in [-0.25, -0.2) is 9.97 Å². The van der Waals surface area contributed by atoms with Gasteiger partial charge in [-0.05, 0) is 17.9 Å². The lowest BCUT2D eigenvalue weighted by Crippen LogP contribution is -2.37. The van der Waals surface area contributed by atoms with Crippen LogP contribution >= 0.6 is 23.1 Å². The van der Waals surface area contributed by atoms with Crippen LogP contribution in [0.3, 0.4) is 0 Å². The van der Waals surface area contributed by atoms with Crippen molar-refractivity contribution in [3.63, 3.8) is 0 Å². The van der Waals surface area contributed by atoms with Gasteiger partial charge in [-0.1, -0.05) is 6.92 Å². The molecule has 2 N–H and O–H groups in total. The third-order valence-electron chi connectivity index (χ3n) is 3.44.